The van der Waals surface area contributed by atoms with Crippen LogP contribution in [0, 0.1) is 23.7 Å². The number of piperazine rings is 1. The van der Waals surface area contributed by atoms with Crippen molar-refractivity contribution in [3.05, 3.63) is 58.8 Å². The molecule has 1 spiro atoms. The highest BCUT2D eigenvalue weighted by molar-refractivity contribution is 6.03. The summed E-state index contributed by atoms with van der Waals surface area (Å²) in [5.41, 5.74) is 4.64. The SMILES string of the molecule is C=CC(=O)N1CCN(c2nc(OC[C@@H]3CCCN3C)nc3c2CCC2(Cc4cccc(C)c4C2)C3=O)C[C@@H]1CC#N. The van der Waals surface area contributed by atoms with Crippen LogP contribution in [0.25, 0.3) is 0 Å². The van der Waals surface area contributed by atoms with Crippen LogP contribution in [-0.2, 0) is 24.1 Å². The zero-order chi connectivity index (χ0) is 28.7. The molecule has 41 heavy (non-hydrogen) atoms. The molecule has 0 saturated carbocycles. The van der Waals surface area contributed by atoms with Crippen LogP contribution in [0.15, 0.2) is 30.9 Å². The van der Waals surface area contributed by atoms with Crippen molar-refractivity contribution in [3.8, 4) is 12.1 Å². The number of carbonyl (C=O) groups is 2. The van der Waals surface area contributed by atoms with E-state index in [1.807, 2.05) is 0 Å². The number of Topliss-reactive ketones (excluding diaryl/α,β-unsaturated/α-hetero) is 1. The van der Waals surface area contributed by atoms with E-state index in [2.05, 4.69) is 54.6 Å². The molecule has 9 nitrogen and oxygen atoms in total. The second-order valence-corrected chi connectivity index (χ2v) is 12.1. The molecule has 0 N–H and O–H groups in total. The number of likely N-dealkylation sites (tertiary alicyclic amines) is 1. The fourth-order valence-corrected chi connectivity index (χ4v) is 7.31. The molecule has 1 amide bonds. The summed E-state index contributed by atoms with van der Waals surface area (Å²) in [6.45, 7) is 8.71. The first-order valence-corrected chi connectivity index (χ1v) is 14.7. The lowest BCUT2D eigenvalue weighted by Crippen LogP contribution is -2.55. The van der Waals surface area contributed by atoms with Gasteiger partial charge in [-0.15, -0.1) is 0 Å². The Hall–Kier alpha value is -3.77. The maximum Gasteiger partial charge on any atom is 0.319 e. The molecule has 4 aliphatic rings. The van der Waals surface area contributed by atoms with Crippen molar-refractivity contribution in [2.75, 3.05) is 44.7 Å². The maximum absolute atomic E-state index is 14.4. The molecule has 1 unspecified atom stereocenters. The van der Waals surface area contributed by atoms with E-state index >= 15 is 0 Å². The molecule has 2 aliphatic carbocycles. The summed E-state index contributed by atoms with van der Waals surface area (Å²) in [7, 11) is 2.10. The van der Waals surface area contributed by atoms with Gasteiger partial charge in [0.05, 0.1) is 18.5 Å². The Balaban J connectivity index is 1.35. The van der Waals surface area contributed by atoms with Crippen LogP contribution in [0.3, 0.4) is 0 Å². The average Bonchev–Trinajstić information content (AvgIpc) is 3.57. The first-order valence-electron chi connectivity index (χ1n) is 14.7. The number of likely N-dealkylation sites (N-methyl/N-ethyl adjacent to an activating group) is 1. The number of carbonyl (C=O) groups excluding carboxylic acids is 2. The van der Waals surface area contributed by atoms with E-state index in [4.69, 9.17) is 14.7 Å². The number of rotatable bonds is 6. The van der Waals surface area contributed by atoms with Crippen molar-refractivity contribution in [2.24, 2.45) is 5.41 Å². The minimum atomic E-state index is -0.492. The molecule has 3 heterocycles. The normalized spacial score (nSPS) is 25.6. The third-order valence-electron chi connectivity index (χ3n) is 9.71. The Bertz CT molecular complexity index is 1430. The molecule has 1 aromatic heterocycles. The van der Waals surface area contributed by atoms with E-state index in [0.717, 1.165) is 44.2 Å². The van der Waals surface area contributed by atoms with E-state index in [1.54, 1.807) is 4.90 Å². The number of amides is 1. The monoisotopic (exact) mass is 554 g/mol. The number of benzene rings is 1. The van der Waals surface area contributed by atoms with Gasteiger partial charge in [-0.25, -0.2) is 0 Å². The van der Waals surface area contributed by atoms with Gasteiger partial charge in [-0.1, -0.05) is 24.8 Å². The molecular weight excluding hydrogens is 516 g/mol. The van der Waals surface area contributed by atoms with Crippen LogP contribution < -0.4 is 9.64 Å². The molecule has 3 atom stereocenters. The van der Waals surface area contributed by atoms with Gasteiger partial charge in [-0.05, 0) is 81.8 Å². The number of hydrogen-bond donors (Lipinski definition) is 0. The van der Waals surface area contributed by atoms with Gasteiger partial charge in [0.15, 0.2) is 5.78 Å². The van der Waals surface area contributed by atoms with Crippen LogP contribution in [0.2, 0.25) is 0 Å². The van der Waals surface area contributed by atoms with Crippen molar-refractivity contribution in [2.45, 2.75) is 64.0 Å². The van der Waals surface area contributed by atoms with E-state index in [9.17, 15) is 14.9 Å². The topological polar surface area (TPSA) is 103 Å². The molecule has 0 bridgehead atoms. The summed E-state index contributed by atoms with van der Waals surface area (Å²) < 4.78 is 6.22. The lowest BCUT2D eigenvalue weighted by atomic mass is 9.70. The number of ketones is 1. The summed E-state index contributed by atoms with van der Waals surface area (Å²) in [4.78, 5) is 42.7. The summed E-state index contributed by atoms with van der Waals surface area (Å²) >= 11 is 0. The summed E-state index contributed by atoms with van der Waals surface area (Å²) in [6.07, 6.45) is 6.62. The number of nitrogens with zero attached hydrogens (tertiary/aromatic N) is 6. The Morgan fingerprint density at radius 1 is 1.22 bits per heavy atom. The van der Waals surface area contributed by atoms with Crippen molar-refractivity contribution in [1.29, 1.82) is 5.26 Å². The van der Waals surface area contributed by atoms with Crippen molar-refractivity contribution >= 4 is 17.5 Å². The van der Waals surface area contributed by atoms with E-state index in [0.29, 0.717) is 50.2 Å². The number of nitriles is 1. The molecule has 9 heteroatoms. The van der Waals surface area contributed by atoms with E-state index in [1.165, 1.54) is 22.8 Å². The third kappa shape index (κ3) is 4.88. The third-order valence-corrected chi connectivity index (χ3v) is 9.71. The van der Waals surface area contributed by atoms with Crippen LogP contribution in [0.1, 0.15) is 58.4 Å². The number of fused-ring (bicyclic) bond motifs is 2. The highest BCUT2D eigenvalue weighted by Gasteiger charge is 2.49. The molecule has 2 aliphatic heterocycles. The van der Waals surface area contributed by atoms with E-state index < -0.39 is 5.41 Å². The summed E-state index contributed by atoms with van der Waals surface area (Å²) in [6, 6.07) is 8.82. The van der Waals surface area contributed by atoms with Gasteiger partial charge in [-0.3, -0.25) is 9.59 Å². The zero-order valence-corrected chi connectivity index (χ0v) is 24.1. The second kappa shape index (κ2) is 10.9. The van der Waals surface area contributed by atoms with Crippen LogP contribution in [0.4, 0.5) is 5.82 Å². The Kier molecular flexibility index (Phi) is 7.28. The van der Waals surface area contributed by atoms with Crippen LogP contribution >= 0.6 is 0 Å². The Morgan fingerprint density at radius 3 is 2.80 bits per heavy atom. The highest BCUT2D eigenvalue weighted by Crippen LogP contribution is 2.48. The zero-order valence-electron chi connectivity index (χ0n) is 24.1. The van der Waals surface area contributed by atoms with Crippen LogP contribution in [0.5, 0.6) is 6.01 Å². The standard InChI is InChI=1S/C32H38N6O3/c1-4-27(39)38-16-15-37(19-23(38)11-13-33)30-25-10-12-32(17-22-8-5-7-21(2)26(22)18-32)29(40)28(25)34-31(35-30)41-20-24-9-6-14-36(24)3/h4-5,7-8,23-24H,1,6,9-12,14-20H2,2-3H3/t23-,24-,32?/m0/s1. The predicted octanol–water partition coefficient (Wildman–Crippen LogP) is 3.29. The van der Waals surface area contributed by atoms with Gasteiger partial charge >= 0.3 is 6.01 Å². The molecule has 1 aromatic carbocycles. The van der Waals surface area contributed by atoms with Crippen LogP contribution in [-0.4, -0.2) is 83.4 Å². The first kappa shape index (κ1) is 27.4. The van der Waals surface area contributed by atoms with E-state index in [-0.39, 0.29) is 30.2 Å². The quantitative estimate of drug-likeness (QED) is 0.502. The summed E-state index contributed by atoms with van der Waals surface area (Å²) in [5.74, 6) is 0.607. The molecule has 6 rings (SSSR count). The predicted molar refractivity (Wildman–Crippen MR) is 155 cm³/mol. The smallest absolute Gasteiger partial charge is 0.319 e. The van der Waals surface area contributed by atoms with Gasteiger partial charge in [0, 0.05) is 36.7 Å². The molecule has 2 saturated heterocycles. The largest absolute Gasteiger partial charge is 0.462 e. The van der Waals surface area contributed by atoms with Crippen molar-refractivity contribution < 1.29 is 14.3 Å². The van der Waals surface area contributed by atoms with Gasteiger partial charge in [-0.2, -0.15) is 15.2 Å². The first-order chi connectivity index (χ1) is 19.8. The molecule has 214 valence electrons. The van der Waals surface area contributed by atoms with Gasteiger partial charge in [0.1, 0.15) is 18.1 Å². The van der Waals surface area contributed by atoms with Gasteiger partial charge < -0.3 is 19.4 Å². The Labute approximate surface area is 241 Å². The number of anilines is 1. The minimum Gasteiger partial charge on any atom is -0.462 e. The number of hydrogen-bond acceptors (Lipinski definition) is 8. The molecule has 0 radical (unpaired) electrons. The lowest BCUT2D eigenvalue weighted by molar-refractivity contribution is -0.128. The fraction of sp³-hybridized carbons (Fsp3) is 0.531. The van der Waals surface area contributed by atoms with Crippen molar-refractivity contribution in [3.63, 3.8) is 0 Å². The number of ether oxygens (including phenoxy) is 1. The van der Waals surface area contributed by atoms with Gasteiger partial charge in [0.25, 0.3) is 0 Å². The molecular formula is C32H38N6O3. The average molecular weight is 555 g/mol. The number of aromatic nitrogens is 2. The second-order valence-electron chi connectivity index (χ2n) is 12.1. The Morgan fingerprint density at radius 2 is 2.07 bits per heavy atom. The lowest BCUT2D eigenvalue weighted by Gasteiger charge is -2.42. The maximum atomic E-state index is 14.4. The molecule has 2 aromatic rings. The molecule has 2 fully saturated rings. The van der Waals surface area contributed by atoms with Gasteiger partial charge in [0.2, 0.25) is 5.91 Å². The fourth-order valence-electron chi connectivity index (χ4n) is 7.31. The summed E-state index contributed by atoms with van der Waals surface area (Å²) in [5, 5.41) is 9.50. The number of aryl methyl sites for hydroxylation is 1. The minimum absolute atomic E-state index is 0.0786. The highest BCUT2D eigenvalue weighted by atomic mass is 16.5. The van der Waals surface area contributed by atoms with Crippen molar-refractivity contribution in [1.82, 2.24) is 19.8 Å².